The highest BCUT2D eigenvalue weighted by molar-refractivity contribution is 5.95. The average Bonchev–Trinajstić information content (AvgIpc) is 3.18. The van der Waals surface area contributed by atoms with Crippen LogP contribution in [-0.4, -0.2) is 56.7 Å². The molecule has 0 saturated carbocycles. The summed E-state index contributed by atoms with van der Waals surface area (Å²) in [7, 11) is 0. The number of nitriles is 1. The van der Waals surface area contributed by atoms with Gasteiger partial charge in [0.05, 0.1) is 34.7 Å². The van der Waals surface area contributed by atoms with E-state index >= 15 is 0 Å². The van der Waals surface area contributed by atoms with Gasteiger partial charge < -0.3 is 4.90 Å². The van der Waals surface area contributed by atoms with Gasteiger partial charge in [-0.25, -0.2) is 9.67 Å². The molecule has 1 aromatic carbocycles. The number of hydrogen-bond acceptors (Lipinski definition) is 5. The van der Waals surface area contributed by atoms with E-state index < -0.39 is 11.7 Å². The molecule has 36 heavy (non-hydrogen) atoms. The molecule has 1 saturated heterocycles. The second-order valence-corrected chi connectivity index (χ2v) is 9.14. The molecule has 10 heteroatoms. The number of hydrogen-bond donors (Lipinski definition) is 0. The molecule has 0 spiro atoms. The summed E-state index contributed by atoms with van der Waals surface area (Å²) >= 11 is 0. The fourth-order valence-electron chi connectivity index (χ4n) is 4.39. The molecule has 0 bridgehead atoms. The van der Waals surface area contributed by atoms with Crippen LogP contribution in [0.5, 0.6) is 0 Å². The molecule has 0 radical (unpaired) electrons. The van der Waals surface area contributed by atoms with Gasteiger partial charge in [0.15, 0.2) is 5.82 Å². The number of carbonyl (C=O) groups excluding carboxylic acids is 1. The first kappa shape index (κ1) is 25.4. The predicted octanol–water partition coefficient (Wildman–Crippen LogP) is 4.63. The van der Waals surface area contributed by atoms with Crippen LogP contribution in [0, 0.1) is 11.3 Å². The lowest BCUT2D eigenvalue weighted by atomic mass is 10.0. The summed E-state index contributed by atoms with van der Waals surface area (Å²) in [5, 5.41) is 13.3. The number of pyridine rings is 1. The number of nitrogens with zero attached hydrogens (tertiary/aromatic N) is 6. The molecule has 7 nitrogen and oxygen atoms in total. The van der Waals surface area contributed by atoms with Crippen LogP contribution in [0.4, 0.5) is 13.2 Å². The lowest BCUT2D eigenvalue weighted by molar-refractivity contribution is -0.137. The van der Waals surface area contributed by atoms with Crippen molar-refractivity contribution in [3.8, 4) is 11.9 Å². The molecule has 0 atom stereocenters. The molecule has 0 aliphatic carbocycles. The number of rotatable bonds is 5. The maximum atomic E-state index is 13.5. The third-order valence-electron chi connectivity index (χ3n) is 6.24. The highest BCUT2D eigenvalue weighted by Gasteiger charge is 2.31. The summed E-state index contributed by atoms with van der Waals surface area (Å²) < 4.78 is 40.2. The van der Waals surface area contributed by atoms with E-state index in [1.165, 1.54) is 16.9 Å². The van der Waals surface area contributed by atoms with Crippen molar-refractivity contribution in [2.45, 2.75) is 38.9 Å². The number of alkyl halides is 3. The van der Waals surface area contributed by atoms with Crippen LogP contribution in [0.2, 0.25) is 0 Å². The van der Waals surface area contributed by atoms with Crippen molar-refractivity contribution in [2.24, 2.45) is 0 Å². The number of aromatic nitrogens is 3. The molecule has 1 aliphatic rings. The zero-order chi connectivity index (χ0) is 25.9. The Morgan fingerprint density at radius 1 is 1.06 bits per heavy atom. The van der Waals surface area contributed by atoms with E-state index in [-0.39, 0.29) is 17.6 Å². The Labute approximate surface area is 207 Å². The van der Waals surface area contributed by atoms with Crippen molar-refractivity contribution in [1.29, 1.82) is 5.26 Å². The largest absolute Gasteiger partial charge is 0.417 e. The molecular formula is C26H27F3N6O. The molecule has 4 rings (SSSR count). The fraction of sp³-hybridized carbons (Fsp3) is 0.385. The van der Waals surface area contributed by atoms with Gasteiger partial charge in [-0.1, -0.05) is 26.0 Å². The van der Waals surface area contributed by atoms with Crippen molar-refractivity contribution >= 4 is 5.91 Å². The van der Waals surface area contributed by atoms with E-state index in [2.05, 4.69) is 21.1 Å². The van der Waals surface area contributed by atoms with Gasteiger partial charge in [-0.3, -0.25) is 9.69 Å². The van der Waals surface area contributed by atoms with Gasteiger partial charge in [0.1, 0.15) is 0 Å². The lowest BCUT2D eigenvalue weighted by Gasteiger charge is -2.23. The van der Waals surface area contributed by atoms with Crippen LogP contribution in [0.1, 0.15) is 58.9 Å². The van der Waals surface area contributed by atoms with Gasteiger partial charge in [0.25, 0.3) is 5.91 Å². The van der Waals surface area contributed by atoms with Crippen LogP contribution < -0.4 is 0 Å². The van der Waals surface area contributed by atoms with Gasteiger partial charge in [0.2, 0.25) is 0 Å². The third kappa shape index (κ3) is 5.57. The fourth-order valence-corrected chi connectivity index (χ4v) is 4.39. The lowest BCUT2D eigenvalue weighted by Crippen LogP contribution is -2.35. The minimum atomic E-state index is -4.47. The highest BCUT2D eigenvalue weighted by atomic mass is 19.4. The van der Waals surface area contributed by atoms with Crippen molar-refractivity contribution in [2.75, 3.05) is 26.2 Å². The zero-order valence-electron chi connectivity index (χ0n) is 20.2. The Morgan fingerprint density at radius 3 is 2.42 bits per heavy atom. The first-order chi connectivity index (χ1) is 17.2. The molecule has 3 aromatic rings. The number of amides is 1. The van der Waals surface area contributed by atoms with E-state index in [0.717, 1.165) is 37.3 Å². The van der Waals surface area contributed by atoms with Gasteiger partial charge in [-0.05, 0) is 42.2 Å². The standard InChI is InChI=1S/C26H27F3N6O/c1-18(2)24-22(16-32-35(24)23-9-8-21(15-31-23)26(27,28)29)25(36)34-11-3-10-33(12-13-34)17-20-6-4-19(14-30)5-7-20/h4-9,15-16,18H,3,10-13,17H2,1-2H3. The summed E-state index contributed by atoms with van der Waals surface area (Å²) in [4.78, 5) is 21.5. The maximum Gasteiger partial charge on any atom is 0.417 e. The molecule has 0 N–H and O–H groups in total. The molecule has 1 amide bonds. The first-order valence-corrected chi connectivity index (χ1v) is 11.8. The predicted molar refractivity (Wildman–Crippen MR) is 127 cm³/mol. The summed E-state index contributed by atoms with van der Waals surface area (Å²) in [5.74, 6) is -0.0114. The van der Waals surface area contributed by atoms with E-state index in [1.807, 2.05) is 30.9 Å². The molecule has 2 aromatic heterocycles. The highest BCUT2D eigenvalue weighted by Crippen LogP contribution is 2.30. The zero-order valence-corrected chi connectivity index (χ0v) is 20.2. The van der Waals surface area contributed by atoms with Gasteiger partial charge in [0, 0.05) is 38.9 Å². The Kier molecular flexibility index (Phi) is 7.40. The molecule has 188 valence electrons. The Bertz CT molecular complexity index is 1240. The Hall–Kier alpha value is -3.71. The Morgan fingerprint density at radius 2 is 1.81 bits per heavy atom. The first-order valence-electron chi connectivity index (χ1n) is 11.8. The minimum absolute atomic E-state index is 0.101. The number of carbonyl (C=O) groups is 1. The molecule has 1 aliphatic heterocycles. The van der Waals surface area contributed by atoms with E-state index in [0.29, 0.717) is 36.5 Å². The number of halogens is 3. The van der Waals surface area contributed by atoms with Crippen LogP contribution in [0.3, 0.4) is 0 Å². The summed E-state index contributed by atoms with van der Waals surface area (Å²) in [6.07, 6.45) is -1.40. The minimum Gasteiger partial charge on any atom is -0.337 e. The van der Waals surface area contributed by atoms with E-state index in [4.69, 9.17) is 5.26 Å². The van der Waals surface area contributed by atoms with Crippen molar-refractivity contribution < 1.29 is 18.0 Å². The maximum absolute atomic E-state index is 13.5. The molecule has 1 fully saturated rings. The van der Waals surface area contributed by atoms with E-state index in [1.54, 1.807) is 12.1 Å². The van der Waals surface area contributed by atoms with Gasteiger partial charge in [-0.15, -0.1) is 0 Å². The van der Waals surface area contributed by atoms with Crippen LogP contribution >= 0.6 is 0 Å². The average molecular weight is 497 g/mol. The van der Waals surface area contributed by atoms with Crippen LogP contribution in [0.15, 0.2) is 48.8 Å². The summed E-state index contributed by atoms with van der Waals surface area (Å²) in [6, 6.07) is 11.9. The van der Waals surface area contributed by atoms with Crippen molar-refractivity contribution in [3.05, 3.63) is 76.7 Å². The van der Waals surface area contributed by atoms with E-state index in [9.17, 15) is 18.0 Å². The normalized spacial score (nSPS) is 15.1. The third-order valence-corrected chi connectivity index (χ3v) is 6.24. The van der Waals surface area contributed by atoms with Gasteiger partial charge in [-0.2, -0.15) is 23.5 Å². The molecule has 3 heterocycles. The second kappa shape index (κ2) is 10.5. The molecular weight excluding hydrogens is 469 g/mol. The van der Waals surface area contributed by atoms with Crippen molar-refractivity contribution in [3.63, 3.8) is 0 Å². The Balaban J connectivity index is 1.49. The number of benzene rings is 1. The van der Waals surface area contributed by atoms with Crippen molar-refractivity contribution in [1.82, 2.24) is 24.6 Å². The van der Waals surface area contributed by atoms with Crippen LogP contribution in [0.25, 0.3) is 5.82 Å². The quantitative estimate of drug-likeness (QED) is 0.515. The monoisotopic (exact) mass is 496 g/mol. The topological polar surface area (TPSA) is 78.0 Å². The van der Waals surface area contributed by atoms with Crippen LogP contribution in [-0.2, 0) is 12.7 Å². The second-order valence-electron chi connectivity index (χ2n) is 9.14. The molecule has 0 unspecified atom stereocenters. The summed E-state index contributed by atoms with van der Waals surface area (Å²) in [5.41, 5.74) is 1.95. The van der Waals surface area contributed by atoms with Gasteiger partial charge >= 0.3 is 6.18 Å². The SMILES string of the molecule is CC(C)c1c(C(=O)N2CCCN(Cc3ccc(C#N)cc3)CC2)cnn1-c1ccc(C(F)(F)F)cn1. The summed E-state index contributed by atoms with van der Waals surface area (Å²) in [6.45, 7) is 7.27. The smallest absolute Gasteiger partial charge is 0.337 e.